The lowest BCUT2D eigenvalue weighted by Gasteiger charge is -2.46. The number of fused-ring (bicyclic) bond motifs is 1. The molecule has 0 amide bonds. The van der Waals surface area contributed by atoms with Gasteiger partial charge >= 0.3 is 0 Å². The Morgan fingerprint density at radius 2 is 2.22 bits per heavy atom. The Morgan fingerprint density at radius 1 is 1.39 bits per heavy atom. The zero-order valence-electron chi connectivity index (χ0n) is 10.4. The fraction of sp³-hybridized carbons (Fsp3) is 0.571. The molecule has 18 heavy (non-hydrogen) atoms. The maximum atomic E-state index is 9.33. The number of rotatable bonds is 3. The first-order valence-corrected chi connectivity index (χ1v) is 6.47. The Morgan fingerprint density at radius 3 is 2.89 bits per heavy atom. The minimum atomic E-state index is -0.270. The van der Waals surface area contributed by atoms with Crippen molar-refractivity contribution in [1.29, 1.82) is 0 Å². The van der Waals surface area contributed by atoms with Crippen LogP contribution in [0.2, 0.25) is 0 Å². The monoisotopic (exact) mass is 249 g/mol. The van der Waals surface area contributed by atoms with Crippen molar-refractivity contribution < 1.29 is 14.6 Å². The van der Waals surface area contributed by atoms with Crippen molar-refractivity contribution in [1.82, 2.24) is 0 Å². The van der Waals surface area contributed by atoms with E-state index in [-0.39, 0.29) is 18.1 Å². The molecule has 2 aliphatic heterocycles. The first-order valence-electron chi connectivity index (χ1n) is 6.47. The molecular formula is C14H19NO3. The zero-order valence-corrected chi connectivity index (χ0v) is 10.4. The largest absolute Gasteiger partial charge is 0.493 e. The van der Waals surface area contributed by atoms with E-state index in [2.05, 4.69) is 12.1 Å². The van der Waals surface area contributed by atoms with Gasteiger partial charge in [-0.3, -0.25) is 0 Å². The van der Waals surface area contributed by atoms with Gasteiger partial charge in [0, 0.05) is 6.04 Å². The maximum absolute atomic E-state index is 9.33. The maximum Gasteiger partial charge on any atom is 0.122 e. The van der Waals surface area contributed by atoms with Gasteiger partial charge in [-0.1, -0.05) is 12.1 Å². The van der Waals surface area contributed by atoms with Crippen molar-refractivity contribution in [3.8, 4) is 5.75 Å². The summed E-state index contributed by atoms with van der Waals surface area (Å²) in [5, 5.41) is 9.33. The Hall–Kier alpha value is -1.10. The molecule has 1 aromatic rings. The van der Waals surface area contributed by atoms with Gasteiger partial charge in [-0.15, -0.1) is 0 Å². The molecule has 2 aliphatic rings. The fourth-order valence-corrected chi connectivity index (χ4v) is 2.76. The van der Waals surface area contributed by atoms with Crippen LogP contribution in [0.3, 0.4) is 0 Å². The predicted octanol–water partition coefficient (Wildman–Crippen LogP) is 0.599. The van der Waals surface area contributed by atoms with Gasteiger partial charge in [0.1, 0.15) is 5.75 Å². The second-order valence-corrected chi connectivity index (χ2v) is 5.21. The predicted molar refractivity (Wildman–Crippen MR) is 67.8 cm³/mol. The van der Waals surface area contributed by atoms with E-state index in [1.165, 1.54) is 11.1 Å². The van der Waals surface area contributed by atoms with E-state index in [4.69, 9.17) is 15.2 Å². The summed E-state index contributed by atoms with van der Waals surface area (Å²) in [7, 11) is 0. The van der Waals surface area contributed by atoms with Crippen molar-refractivity contribution in [2.75, 3.05) is 26.4 Å². The Bertz CT molecular complexity index is 443. The normalized spacial score (nSPS) is 22.6. The molecule has 2 heterocycles. The second kappa shape index (κ2) is 4.53. The van der Waals surface area contributed by atoms with Crippen LogP contribution in [-0.4, -0.2) is 37.6 Å². The summed E-state index contributed by atoms with van der Waals surface area (Å²) in [5.41, 5.74) is 8.25. The summed E-state index contributed by atoms with van der Waals surface area (Å²) in [6, 6.07) is 5.98. The molecule has 0 aromatic heterocycles. The molecular weight excluding hydrogens is 230 g/mol. The van der Waals surface area contributed by atoms with Gasteiger partial charge in [0.15, 0.2) is 0 Å². The van der Waals surface area contributed by atoms with Crippen LogP contribution in [0.1, 0.15) is 17.5 Å². The molecule has 1 saturated heterocycles. The molecule has 1 aromatic carbocycles. The summed E-state index contributed by atoms with van der Waals surface area (Å²) in [5.74, 6) is 0.984. The van der Waals surface area contributed by atoms with Gasteiger partial charge in [0.05, 0.1) is 31.8 Å². The smallest absolute Gasteiger partial charge is 0.122 e. The van der Waals surface area contributed by atoms with Gasteiger partial charge in [-0.2, -0.15) is 0 Å². The van der Waals surface area contributed by atoms with Crippen LogP contribution in [0.4, 0.5) is 0 Å². The SMILES string of the molecule is NC(CO)C1(c2ccc3c(c2)CCCO3)COC1. The summed E-state index contributed by atoms with van der Waals surface area (Å²) >= 11 is 0. The first-order chi connectivity index (χ1) is 8.76. The van der Waals surface area contributed by atoms with Crippen molar-refractivity contribution >= 4 is 0 Å². The van der Waals surface area contributed by atoms with Crippen molar-refractivity contribution in [2.24, 2.45) is 5.73 Å². The average Bonchev–Trinajstić information content (AvgIpc) is 2.37. The van der Waals surface area contributed by atoms with Crippen molar-refractivity contribution in [3.05, 3.63) is 29.3 Å². The molecule has 0 saturated carbocycles. The lowest BCUT2D eigenvalue weighted by Crippen LogP contribution is -2.60. The highest BCUT2D eigenvalue weighted by Crippen LogP contribution is 2.38. The lowest BCUT2D eigenvalue weighted by atomic mass is 9.72. The molecule has 98 valence electrons. The molecule has 0 aliphatic carbocycles. The molecule has 1 fully saturated rings. The van der Waals surface area contributed by atoms with Crippen LogP contribution >= 0.6 is 0 Å². The van der Waals surface area contributed by atoms with E-state index in [1.54, 1.807) is 0 Å². The summed E-state index contributed by atoms with van der Waals surface area (Å²) in [4.78, 5) is 0. The topological polar surface area (TPSA) is 64.7 Å². The first kappa shape index (κ1) is 12.0. The molecule has 4 heteroatoms. The number of nitrogens with two attached hydrogens (primary N) is 1. The highest BCUT2D eigenvalue weighted by atomic mass is 16.5. The highest BCUT2D eigenvalue weighted by molar-refractivity contribution is 5.43. The van der Waals surface area contributed by atoms with Crippen LogP contribution in [0, 0.1) is 0 Å². The number of aliphatic hydroxyl groups excluding tert-OH is 1. The van der Waals surface area contributed by atoms with Crippen LogP contribution in [0.25, 0.3) is 0 Å². The number of aryl methyl sites for hydroxylation is 1. The van der Waals surface area contributed by atoms with Crippen LogP contribution in [-0.2, 0) is 16.6 Å². The summed E-state index contributed by atoms with van der Waals surface area (Å²) < 4.78 is 11.0. The average molecular weight is 249 g/mol. The molecule has 3 rings (SSSR count). The molecule has 0 radical (unpaired) electrons. The molecule has 3 N–H and O–H groups in total. The van der Waals surface area contributed by atoms with Gasteiger partial charge in [-0.25, -0.2) is 0 Å². The number of ether oxygens (including phenoxy) is 2. The fourth-order valence-electron chi connectivity index (χ4n) is 2.76. The van der Waals surface area contributed by atoms with Crippen LogP contribution in [0.15, 0.2) is 18.2 Å². The Balaban J connectivity index is 1.96. The lowest BCUT2D eigenvalue weighted by molar-refractivity contribution is -0.0798. The minimum absolute atomic E-state index is 0.0169. The molecule has 4 nitrogen and oxygen atoms in total. The van der Waals surface area contributed by atoms with Gasteiger partial charge in [0.25, 0.3) is 0 Å². The zero-order chi connectivity index (χ0) is 12.6. The van der Waals surface area contributed by atoms with E-state index in [0.717, 1.165) is 25.2 Å². The van der Waals surface area contributed by atoms with Crippen molar-refractivity contribution in [2.45, 2.75) is 24.3 Å². The number of benzene rings is 1. The van der Waals surface area contributed by atoms with Gasteiger partial charge < -0.3 is 20.3 Å². The van der Waals surface area contributed by atoms with Crippen LogP contribution < -0.4 is 10.5 Å². The third-order valence-corrected chi connectivity index (χ3v) is 4.11. The van der Waals surface area contributed by atoms with Gasteiger partial charge in [-0.05, 0) is 30.0 Å². The van der Waals surface area contributed by atoms with E-state index in [9.17, 15) is 5.11 Å². The van der Waals surface area contributed by atoms with Crippen LogP contribution in [0.5, 0.6) is 5.75 Å². The molecule has 0 bridgehead atoms. The quantitative estimate of drug-likeness (QED) is 0.823. The number of aliphatic hydroxyl groups is 1. The van der Waals surface area contributed by atoms with E-state index >= 15 is 0 Å². The molecule has 1 unspecified atom stereocenters. The van der Waals surface area contributed by atoms with Crippen molar-refractivity contribution in [3.63, 3.8) is 0 Å². The minimum Gasteiger partial charge on any atom is -0.493 e. The van der Waals surface area contributed by atoms with Gasteiger partial charge in [0.2, 0.25) is 0 Å². The number of hydrogen-bond acceptors (Lipinski definition) is 4. The Kier molecular flexibility index (Phi) is 3.01. The third kappa shape index (κ3) is 1.72. The second-order valence-electron chi connectivity index (χ2n) is 5.21. The van der Waals surface area contributed by atoms with E-state index in [1.807, 2.05) is 6.07 Å². The third-order valence-electron chi connectivity index (χ3n) is 4.11. The highest BCUT2D eigenvalue weighted by Gasteiger charge is 2.45. The molecule has 1 atom stereocenters. The van der Waals surface area contributed by atoms with E-state index in [0.29, 0.717) is 13.2 Å². The number of hydrogen-bond donors (Lipinski definition) is 2. The van der Waals surface area contributed by atoms with E-state index < -0.39 is 0 Å². The standard InChI is InChI=1S/C14H19NO3/c15-13(7-16)14(8-17-9-14)11-3-4-12-10(6-11)2-1-5-18-12/h3-4,6,13,16H,1-2,5,7-9,15H2. The Labute approximate surface area is 107 Å². The summed E-state index contributed by atoms with van der Waals surface area (Å²) in [6.45, 7) is 1.97. The molecule has 0 spiro atoms. The summed E-state index contributed by atoms with van der Waals surface area (Å²) in [6.07, 6.45) is 2.11.